The van der Waals surface area contributed by atoms with Crippen LogP contribution in [0, 0.1) is 0 Å². The fourth-order valence-corrected chi connectivity index (χ4v) is 2.23. The molecule has 0 spiro atoms. The monoisotopic (exact) mass is 291 g/mol. The van der Waals surface area contributed by atoms with Crippen LogP contribution in [0.2, 0.25) is 0 Å². The maximum absolute atomic E-state index is 12.3. The second-order valence-electron chi connectivity index (χ2n) is 5.28. The van der Waals surface area contributed by atoms with Crippen LogP contribution in [0.1, 0.15) is 10.5 Å². The number of hydrogen-bond donors (Lipinski definition) is 1. The smallest absolute Gasteiger partial charge is 0.274 e. The van der Waals surface area contributed by atoms with E-state index in [0.717, 1.165) is 22.3 Å². The van der Waals surface area contributed by atoms with E-state index < -0.39 is 0 Å². The van der Waals surface area contributed by atoms with Crippen molar-refractivity contribution in [3.63, 3.8) is 0 Å². The van der Waals surface area contributed by atoms with Crippen molar-refractivity contribution in [2.45, 2.75) is 0 Å². The van der Waals surface area contributed by atoms with E-state index in [9.17, 15) is 4.79 Å². The van der Waals surface area contributed by atoms with Crippen molar-refractivity contribution in [1.82, 2.24) is 4.98 Å². The van der Waals surface area contributed by atoms with E-state index in [1.165, 1.54) is 0 Å². The van der Waals surface area contributed by atoms with E-state index in [2.05, 4.69) is 10.3 Å². The molecular weight excluding hydrogens is 274 g/mol. The minimum Gasteiger partial charge on any atom is -0.378 e. The predicted octanol–water partition coefficient (Wildman–Crippen LogP) is 3.55. The molecule has 4 nitrogen and oxygen atoms in total. The van der Waals surface area contributed by atoms with Crippen LogP contribution in [0.25, 0.3) is 10.9 Å². The van der Waals surface area contributed by atoms with Crippen LogP contribution in [-0.4, -0.2) is 25.0 Å². The minimum absolute atomic E-state index is 0.205. The van der Waals surface area contributed by atoms with Gasteiger partial charge in [-0.2, -0.15) is 0 Å². The number of nitrogens with one attached hydrogen (secondary N) is 1. The molecule has 22 heavy (non-hydrogen) atoms. The Morgan fingerprint density at radius 3 is 2.41 bits per heavy atom. The molecule has 110 valence electrons. The Morgan fingerprint density at radius 2 is 1.68 bits per heavy atom. The Hall–Kier alpha value is -2.88. The lowest BCUT2D eigenvalue weighted by molar-refractivity contribution is 0.102. The molecule has 0 unspecified atom stereocenters. The van der Waals surface area contributed by atoms with Gasteiger partial charge in [-0.25, -0.2) is 4.98 Å². The molecular formula is C18H17N3O. The summed E-state index contributed by atoms with van der Waals surface area (Å²) in [6.45, 7) is 0. The Labute approximate surface area is 129 Å². The summed E-state index contributed by atoms with van der Waals surface area (Å²) in [5.74, 6) is -0.205. The summed E-state index contributed by atoms with van der Waals surface area (Å²) >= 11 is 0. The topological polar surface area (TPSA) is 45.2 Å². The van der Waals surface area contributed by atoms with Crippen molar-refractivity contribution in [3.8, 4) is 0 Å². The summed E-state index contributed by atoms with van der Waals surface area (Å²) in [5.41, 5.74) is 3.07. The van der Waals surface area contributed by atoms with E-state index in [0.29, 0.717) is 5.69 Å². The van der Waals surface area contributed by atoms with Crippen LogP contribution in [0.15, 0.2) is 60.7 Å². The second-order valence-corrected chi connectivity index (χ2v) is 5.28. The number of pyridine rings is 1. The fourth-order valence-electron chi connectivity index (χ4n) is 2.23. The number of aromatic nitrogens is 1. The van der Waals surface area contributed by atoms with E-state index in [4.69, 9.17) is 0 Å². The number of hydrogen-bond acceptors (Lipinski definition) is 3. The van der Waals surface area contributed by atoms with Crippen molar-refractivity contribution in [2.75, 3.05) is 24.3 Å². The molecule has 0 atom stereocenters. The van der Waals surface area contributed by atoms with Crippen molar-refractivity contribution in [3.05, 3.63) is 66.4 Å². The fraction of sp³-hybridized carbons (Fsp3) is 0.111. The third-order valence-corrected chi connectivity index (χ3v) is 3.47. The number of carbonyl (C=O) groups is 1. The molecule has 2 aromatic carbocycles. The number of carbonyl (C=O) groups excluding carboxylic acids is 1. The second kappa shape index (κ2) is 5.85. The summed E-state index contributed by atoms with van der Waals surface area (Å²) < 4.78 is 0. The molecule has 1 amide bonds. The molecule has 0 bridgehead atoms. The average Bonchev–Trinajstić information content (AvgIpc) is 2.55. The van der Waals surface area contributed by atoms with Crippen LogP contribution < -0.4 is 10.2 Å². The van der Waals surface area contributed by atoms with E-state index in [-0.39, 0.29) is 5.91 Å². The first-order chi connectivity index (χ1) is 10.6. The van der Waals surface area contributed by atoms with Crippen LogP contribution in [0.3, 0.4) is 0 Å². The Balaban J connectivity index is 1.80. The van der Waals surface area contributed by atoms with Gasteiger partial charge < -0.3 is 10.2 Å². The number of fused-ring (bicyclic) bond motifs is 1. The zero-order valence-corrected chi connectivity index (χ0v) is 12.6. The predicted molar refractivity (Wildman–Crippen MR) is 90.5 cm³/mol. The molecule has 1 N–H and O–H groups in total. The standard InChI is InChI=1S/C18H17N3O/c1-21(2)15-10-8-14(9-11-15)19-18(22)17-12-7-13-5-3-4-6-16(13)20-17/h3-12H,1-2H3,(H,19,22). The molecule has 3 rings (SSSR count). The average molecular weight is 291 g/mol. The number of anilines is 2. The zero-order chi connectivity index (χ0) is 15.5. The van der Waals surface area contributed by atoms with Gasteiger partial charge in [0.05, 0.1) is 5.52 Å². The molecule has 0 saturated carbocycles. The molecule has 3 aromatic rings. The summed E-state index contributed by atoms with van der Waals surface area (Å²) in [6.07, 6.45) is 0. The molecule has 0 aliphatic rings. The van der Waals surface area contributed by atoms with Crippen molar-refractivity contribution in [2.24, 2.45) is 0 Å². The van der Waals surface area contributed by atoms with E-state index in [1.807, 2.05) is 73.6 Å². The highest BCUT2D eigenvalue weighted by molar-refractivity contribution is 6.04. The lowest BCUT2D eigenvalue weighted by Gasteiger charge is -2.13. The van der Waals surface area contributed by atoms with Crippen LogP contribution in [0.4, 0.5) is 11.4 Å². The van der Waals surface area contributed by atoms with E-state index in [1.54, 1.807) is 6.07 Å². The first-order valence-electron chi connectivity index (χ1n) is 7.08. The molecule has 0 aliphatic heterocycles. The van der Waals surface area contributed by atoms with Crippen molar-refractivity contribution < 1.29 is 4.79 Å². The zero-order valence-electron chi connectivity index (χ0n) is 12.6. The highest BCUT2D eigenvalue weighted by Gasteiger charge is 2.08. The SMILES string of the molecule is CN(C)c1ccc(NC(=O)c2ccc3ccccc3n2)cc1. The third-order valence-electron chi connectivity index (χ3n) is 3.47. The van der Waals surface area contributed by atoms with Gasteiger partial charge in [-0.3, -0.25) is 4.79 Å². The van der Waals surface area contributed by atoms with Gasteiger partial charge in [0, 0.05) is 30.9 Å². The minimum atomic E-state index is -0.205. The summed E-state index contributed by atoms with van der Waals surface area (Å²) in [4.78, 5) is 18.7. The normalized spacial score (nSPS) is 10.5. The maximum atomic E-state index is 12.3. The molecule has 1 heterocycles. The summed E-state index contributed by atoms with van der Waals surface area (Å²) in [5, 5.41) is 3.89. The highest BCUT2D eigenvalue weighted by atomic mass is 16.1. The van der Waals surface area contributed by atoms with Crippen molar-refractivity contribution in [1.29, 1.82) is 0 Å². The van der Waals surface area contributed by atoms with Gasteiger partial charge in [0.25, 0.3) is 5.91 Å². The highest BCUT2D eigenvalue weighted by Crippen LogP contribution is 2.17. The largest absolute Gasteiger partial charge is 0.378 e. The molecule has 1 aromatic heterocycles. The van der Waals surface area contributed by atoms with Gasteiger partial charge in [-0.05, 0) is 36.4 Å². The van der Waals surface area contributed by atoms with Crippen molar-refractivity contribution >= 4 is 28.2 Å². The number of nitrogens with zero attached hydrogens (tertiary/aromatic N) is 2. The number of benzene rings is 2. The van der Waals surface area contributed by atoms with E-state index >= 15 is 0 Å². The third kappa shape index (κ3) is 2.91. The van der Waals surface area contributed by atoms with Gasteiger partial charge in [0.15, 0.2) is 0 Å². The van der Waals surface area contributed by atoms with Gasteiger partial charge in [-0.1, -0.05) is 24.3 Å². The van der Waals surface area contributed by atoms with Gasteiger partial charge >= 0.3 is 0 Å². The van der Waals surface area contributed by atoms with Gasteiger partial charge in [-0.15, -0.1) is 0 Å². The summed E-state index contributed by atoms with van der Waals surface area (Å²) in [6, 6.07) is 19.1. The molecule has 0 saturated heterocycles. The molecule has 0 fully saturated rings. The van der Waals surface area contributed by atoms with Gasteiger partial charge in [0.1, 0.15) is 5.69 Å². The Kier molecular flexibility index (Phi) is 3.74. The van der Waals surface area contributed by atoms with Crippen LogP contribution in [-0.2, 0) is 0 Å². The summed E-state index contributed by atoms with van der Waals surface area (Å²) in [7, 11) is 3.96. The molecule has 4 heteroatoms. The first kappa shape index (κ1) is 14.1. The number of rotatable bonds is 3. The molecule has 0 radical (unpaired) electrons. The van der Waals surface area contributed by atoms with Crippen LogP contribution in [0.5, 0.6) is 0 Å². The Morgan fingerprint density at radius 1 is 0.955 bits per heavy atom. The number of para-hydroxylation sites is 1. The quantitative estimate of drug-likeness (QED) is 0.802. The lowest BCUT2D eigenvalue weighted by atomic mass is 10.2. The number of amides is 1. The first-order valence-corrected chi connectivity index (χ1v) is 7.08. The lowest BCUT2D eigenvalue weighted by Crippen LogP contribution is -2.14. The Bertz CT molecular complexity index is 810. The maximum Gasteiger partial charge on any atom is 0.274 e. The van der Waals surface area contributed by atoms with Crippen LogP contribution >= 0.6 is 0 Å². The van der Waals surface area contributed by atoms with Gasteiger partial charge in [0.2, 0.25) is 0 Å². The molecule has 0 aliphatic carbocycles.